The number of hydrogen-bond donors (Lipinski definition) is 2. The molecule has 4 atom stereocenters. The van der Waals surface area contributed by atoms with Crippen LogP contribution in [-0.4, -0.2) is 21.8 Å². The van der Waals surface area contributed by atoms with Crippen molar-refractivity contribution in [2.45, 2.75) is 71.8 Å². The van der Waals surface area contributed by atoms with Gasteiger partial charge in [0.25, 0.3) is 0 Å². The van der Waals surface area contributed by atoms with Crippen molar-refractivity contribution >= 4 is 5.97 Å². The summed E-state index contributed by atoms with van der Waals surface area (Å²) in [6, 6.07) is 0. The highest BCUT2D eigenvalue weighted by Gasteiger charge is 2.58. The van der Waals surface area contributed by atoms with E-state index in [0.29, 0.717) is 5.92 Å². The summed E-state index contributed by atoms with van der Waals surface area (Å²) in [4.78, 5) is 11.2. The molecule has 2 rings (SSSR count). The van der Waals surface area contributed by atoms with Gasteiger partial charge in [-0.3, -0.25) is 4.79 Å². The highest BCUT2D eigenvalue weighted by Crippen LogP contribution is 2.62. The van der Waals surface area contributed by atoms with Crippen LogP contribution in [0.1, 0.15) is 66.2 Å². The zero-order valence-electron chi connectivity index (χ0n) is 12.7. The van der Waals surface area contributed by atoms with E-state index in [9.17, 15) is 15.0 Å². The van der Waals surface area contributed by atoms with Gasteiger partial charge in [0.1, 0.15) is 0 Å². The van der Waals surface area contributed by atoms with Gasteiger partial charge >= 0.3 is 5.97 Å². The van der Waals surface area contributed by atoms with Crippen LogP contribution < -0.4 is 0 Å². The van der Waals surface area contributed by atoms with Crippen molar-refractivity contribution in [2.75, 3.05) is 0 Å². The van der Waals surface area contributed by atoms with Crippen molar-refractivity contribution in [1.82, 2.24) is 0 Å². The van der Waals surface area contributed by atoms with Crippen LogP contribution in [0.5, 0.6) is 0 Å². The van der Waals surface area contributed by atoms with Crippen LogP contribution in [0.3, 0.4) is 0 Å². The highest BCUT2D eigenvalue weighted by molar-refractivity contribution is 5.67. The maximum atomic E-state index is 11.2. The zero-order valence-corrected chi connectivity index (χ0v) is 12.7. The lowest BCUT2D eigenvalue weighted by atomic mass is 9.45. The van der Waals surface area contributed by atoms with E-state index in [4.69, 9.17) is 0 Å². The molecule has 0 unspecified atom stereocenters. The quantitative estimate of drug-likeness (QED) is 0.806. The van der Waals surface area contributed by atoms with E-state index in [1.807, 2.05) is 6.92 Å². The normalized spacial score (nSPS) is 45.5. The SMILES string of the molecule is CC1(C)CCC[C@]2(C)[C@@H]1CC[C@@](C)(O)[C@@H]2CC(=O)O. The van der Waals surface area contributed by atoms with E-state index in [1.165, 1.54) is 6.42 Å². The summed E-state index contributed by atoms with van der Waals surface area (Å²) in [5.74, 6) is -0.385. The van der Waals surface area contributed by atoms with Crippen molar-refractivity contribution in [3.8, 4) is 0 Å². The van der Waals surface area contributed by atoms with Gasteiger partial charge in [-0.15, -0.1) is 0 Å². The largest absolute Gasteiger partial charge is 0.481 e. The van der Waals surface area contributed by atoms with Gasteiger partial charge in [0.15, 0.2) is 0 Å². The van der Waals surface area contributed by atoms with Gasteiger partial charge < -0.3 is 10.2 Å². The molecule has 0 aliphatic heterocycles. The number of rotatable bonds is 2. The fourth-order valence-corrected chi connectivity index (χ4v) is 5.25. The first-order valence-electron chi connectivity index (χ1n) is 7.54. The van der Waals surface area contributed by atoms with E-state index >= 15 is 0 Å². The zero-order chi connectivity index (χ0) is 14.5. The van der Waals surface area contributed by atoms with Crippen molar-refractivity contribution in [2.24, 2.45) is 22.7 Å². The Labute approximate surface area is 116 Å². The lowest BCUT2D eigenvalue weighted by molar-refractivity contribution is -0.178. The number of carboxylic acid groups (broad SMARTS) is 1. The fraction of sp³-hybridized carbons (Fsp3) is 0.938. The number of fused-ring (bicyclic) bond motifs is 1. The van der Waals surface area contributed by atoms with Gasteiger partial charge in [0, 0.05) is 5.92 Å². The van der Waals surface area contributed by atoms with E-state index in [-0.39, 0.29) is 23.2 Å². The smallest absolute Gasteiger partial charge is 0.303 e. The molecule has 2 aliphatic rings. The lowest BCUT2D eigenvalue weighted by Gasteiger charge is -2.61. The maximum Gasteiger partial charge on any atom is 0.303 e. The van der Waals surface area contributed by atoms with Gasteiger partial charge in [0.05, 0.1) is 12.0 Å². The Morgan fingerprint density at radius 2 is 1.79 bits per heavy atom. The third-order valence-electron chi connectivity index (χ3n) is 6.14. The second kappa shape index (κ2) is 4.47. The van der Waals surface area contributed by atoms with Gasteiger partial charge in [-0.2, -0.15) is 0 Å². The first-order chi connectivity index (χ1) is 8.59. The van der Waals surface area contributed by atoms with Gasteiger partial charge in [-0.25, -0.2) is 0 Å². The van der Waals surface area contributed by atoms with Crippen LogP contribution in [0.15, 0.2) is 0 Å². The van der Waals surface area contributed by atoms with Crippen molar-refractivity contribution in [3.05, 3.63) is 0 Å². The number of aliphatic hydroxyl groups is 1. The summed E-state index contributed by atoms with van der Waals surface area (Å²) in [6.07, 6.45) is 5.26. The minimum Gasteiger partial charge on any atom is -0.481 e. The summed E-state index contributed by atoms with van der Waals surface area (Å²) in [5.41, 5.74) is -0.612. The average molecular weight is 268 g/mol. The molecule has 110 valence electrons. The van der Waals surface area contributed by atoms with Crippen LogP contribution in [0.25, 0.3) is 0 Å². The van der Waals surface area contributed by atoms with Crippen LogP contribution in [0, 0.1) is 22.7 Å². The molecular weight excluding hydrogens is 240 g/mol. The Hall–Kier alpha value is -0.570. The molecule has 3 heteroatoms. The Morgan fingerprint density at radius 3 is 2.37 bits per heavy atom. The molecule has 0 radical (unpaired) electrons. The highest BCUT2D eigenvalue weighted by atomic mass is 16.4. The predicted molar refractivity (Wildman–Crippen MR) is 74.8 cm³/mol. The Kier molecular flexibility index (Phi) is 3.49. The number of carbonyl (C=O) groups is 1. The molecule has 19 heavy (non-hydrogen) atoms. The molecule has 0 aromatic heterocycles. The van der Waals surface area contributed by atoms with Crippen LogP contribution in [-0.2, 0) is 4.79 Å². The Balaban J connectivity index is 2.38. The monoisotopic (exact) mass is 268 g/mol. The molecule has 2 aliphatic carbocycles. The molecule has 2 N–H and O–H groups in total. The standard InChI is InChI=1S/C16H28O3/c1-14(2)7-5-8-15(3)11(14)6-9-16(4,19)12(15)10-13(17)18/h11-12,19H,5-10H2,1-4H3,(H,17,18)/t11-,12-,15-,16-/m1/s1. The molecule has 2 saturated carbocycles. The third kappa shape index (κ3) is 2.42. The maximum absolute atomic E-state index is 11.2. The predicted octanol–water partition coefficient (Wildman–Crippen LogP) is 3.45. The Morgan fingerprint density at radius 1 is 1.16 bits per heavy atom. The summed E-state index contributed by atoms with van der Waals surface area (Å²) < 4.78 is 0. The molecule has 0 bridgehead atoms. The first-order valence-corrected chi connectivity index (χ1v) is 7.54. The third-order valence-corrected chi connectivity index (χ3v) is 6.14. The van der Waals surface area contributed by atoms with Gasteiger partial charge in [-0.05, 0) is 49.4 Å². The molecule has 0 saturated heterocycles. The minimum atomic E-state index is -0.836. The summed E-state index contributed by atoms with van der Waals surface area (Å²) in [6.45, 7) is 8.68. The molecular formula is C16H28O3. The molecule has 3 nitrogen and oxygen atoms in total. The number of carboxylic acids is 1. The summed E-state index contributed by atoms with van der Waals surface area (Å²) in [5, 5.41) is 19.9. The average Bonchev–Trinajstić information content (AvgIpc) is 2.22. The van der Waals surface area contributed by atoms with Crippen molar-refractivity contribution in [3.63, 3.8) is 0 Å². The minimum absolute atomic E-state index is 0.0398. The second-order valence-electron chi connectivity index (χ2n) is 7.95. The second-order valence-corrected chi connectivity index (χ2v) is 7.95. The van der Waals surface area contributed by atoms with E-state index in [1.54, 1.807) is 0 Å². The van der Waals surface area contributed by atoms with Crippen LogP contribution in [0.4, 0.5) is 0 Å². The van der Waals surface area contributed by atoms with Gasteiger partial charge in [0.2, 0.25) is 0 Å². The molecule has 0 spiro atoms. The fourth-order valence-electron chi connectivity index (χ4n) is 5.25. The van der Waals surface area contributed by atoms with E-state index in [2.05, 4.69) is 20.8 Å². The number of aliphatic carboxylic acids is 1. The molecule has 0 amide bonds. The van der Waals surface area contributed by atoms with Crippen molar-refractivity contribution in [1.29, 1.82) is 0 Å². The number of hydrogen-bond acceptors (Lipinski definition) is 2. The summed E-state index contributed by atoms with van der Waals surface area (Å²) in [7, 11) is 0. The Bertz CT molecular complexity index is 372. The molecule has 2 fully saturated rings. The van der Waals surface area contributed by atoms with Crippen molar-refractivity contribution < 1.29 is 15.0 Å². The molecule has 0 aromatic carbocycles. The molecule has 0 aromatic rings. The van der Waals surface area contributed by atoms with E-state index in [0.717, 1.165) is 25.7 Å². The van der Waals surface area contributed by atoms with Crippen LogP contribution >= 0.6 is 0 Å². The molecule has 0 heterocycles. The summed E-state index contributed by atoms with van der Waals surface area (Å²) >= 11 is 0. The lowest BCUT2D eigenvalue weighted by Crippen LogP contribution is -2.58. The topological polar surface area (TPSA) is 57.5 Å². The van der Waals surface area contributed by atoms with E-state index < -0.39 is 11.6 Å². The first kappa shape index (κ1) is 14.8. The van der Waals surface area contributed by atoms with Crippen LogP contribution in [0.2, 0.25) is 0 Å². The van der Waals surface area contributed by atoms with Gasteiger partial charge in [-0.1, -0.05) is 27.2 Å².